The molecule has 1 rings (SSSR count). The van der Waals surface area contributed by atoms with Crippen molar-refractivity contribution in [2.75, 3.05) is 5.32 Å². The minimum absolute atomic E-state index is 0.204. The standard InChI is InChI=1S/C8H13N3O2/c1-2-3-7(9)8(12)11-6-4-10-13-5-6/h4-5,7H,2-3,9H2,1H3,(H,11,12)/t7-/m1/s1. The first-order chi connectivity index (χ1) is 6.24. The SMILES string of the molecule is CCC[C@@H](N)C(=O)Nc1cnoc1. The van der Waals surface area contributed by atoms with Gasteiger partial charge in [0.15, 0.2) is 0 Å². The molecule has 1 aromatic heterocycles. The molecule has 0 radical (unpaired) electrons. The molecule has 0 saturated carbocycles. The van der Waals surface area contributed by atoms with E-state index in [1.54, 1.807) is 0 Å². The Hall–Kier alpha value is -1.36. The largest absolute Gasteiger partial charge is 0.363 e. The molecule has 0 spiro atoms. The summed E-state index contributed by atoms with van der Waals surface area (Å²) in [6.07, 6.45) is 4.35. The van der Waals surface area contributed by atoms with Gasteiger partial charge >= 0.3 is 0 Å². The van der Waals surface area contributed by atoms with Crippen molar-refractivity contribution in [3.05, 3.63) is 12.5 Å². The number of anilines is 1. The van der Waals surface area contributed by atoms with Crippen molar-refractivity contribution in [3.8, 4) is 0 Å². The number of hydrogen-bond donors (Lipinski definition) is 2. The van der Waals surface area contributed by atoms with Crippen molar-refractivity contribution in [1.29, 1.82) is 0 Å². The van der Waals surface area contributed by atoms with Gasteiger partial charge in [0.1, 0.15) is 12.0 Å². The quantitative estimate of drug-likeness (QED) is 0.721. The summed E-state index contributed by atoms with van der Waals surface area (Å²) < 4.78 is 4.55. The van der Waals surface area contributed by atoms with E-state index >= 15 is 0 Å². The molecule has 1 heterocycles. The van der Waals surface area contributed by atoms with Crippen LogP contribution in [0, 0.1) is 0 Å². The Morgan fingerprint density at radius 3 is 3.15 bits per heavy atom. The van der Waals surface area contributed by atoms with E-state index in [2.05, 4.69) is 15.0 Å². The first-order valence-corrected chi connectivity index (χ1v) is 4.20. The van der Waals surface area contributed by atoms with Crippen LogP contribution < -0.4 is 11.1 Å². The highest BCUT2D eigenvalue weighted by Gasteiger charge is 2.12. The van der Waals surface area contributed by atoms with Gasteiger partial charge in [-0.2, -0.15) is 0 Å². The maximum Gasteiger partial charge on any atom is 0.241 e. The normalized spacial score (nSPS) is 12.5. The van der Waals surface area contributed by atoms with Crippen LogP contribution in [0.3, 0.4) is 0 Å². The lowest BCUT2D eigenvalue weighted by Gasteiger charge is -2.08. The zero-order chi connectivity index (χ0) is 9.68. The van der Waals surface area contributed by atoms with Crippen molar-refractivity contribution in [3.63, 3.8) is 0 Å². The third-order valence-corrected chi connectivity index (χ3v) is 1.64. The highest BCUT2D eigenvalue weighted by molar-refractivity contribution is 5.94. The van der Waals surface area contributed by atoms with Gasteiger partial charge in [-0.15, -0.1) is 0 Å². The number of rotatable bonds is 4. The predicted octanol–water partition coefficient (Wildman–Crippen LogP) is 0.740. The Kier molecular flexibility index (Phi) is 3.45. The van der Waals surface area contributed by atoms with Crippen LogP contribution >= 0.6 is 0 Å². The molecule has 0 aliphatic carbocycles. The molecule has 0 aliphatic heterocycles. The molecule has 1 aromatic rings. The molecule has 1 amide bonds. The second kappa shape index (κ2) is 4.61. The Balaban J connectivity index is 2.41. The summed E-state index contributed by atoms with van der Waals surface area (Å²) in [6.45, 7) is 1.98. The molecular weight excluding hydrogens is 170 g/mol. The lowest BCUT2D eigenvalue weighted by atomic mass is 10.2. The summed E-state index contributed by atoms with van der Waals surface area (Å²) in [5.74, 6) is -0.204. The highest BCUT2D eigenvalue weighted by Crippen LogP contribution is 2.05. The van der Waals surface area contributed by atoms with E-state index in [9.17, 15) is 4.79 Å². The van der Waals surface area contributed by atoms with Gasteiger partial charge < -0.3 is 15.6 Å². The number of amides is 1. The Morgan fingerprint density at radius 2 is 2.62 bits per heavy atom. The zero-order valence-electron chi connectivity index (χ0n) is 7.49. The van der Waals surface area contributed by atoms with Crippen molar-refractivity contribution in [1.82, 2.24) is 5.16 Å². The lowest BCUT2D eigenvalue weighted by Crippen LogP contribution is -2.35. The molecule has 5 nitrogen and oxygen atoms in total. The van der Waals surface area contributed by atoms with E-state index in [4.69, 9.17) is 5.73 Å². The number of nitrogens with zero attached hydrogens (tertiary/aromatic N) is 1. The van der Waals surface area contributed by atoms with Crippen molar-refractivity contribution < 1.29 is 9.32 Å². The molecule has 72 valence electrons. The summed E-state index contributed by atoms with van der Waals surface area (Å²) in [4.78, 5) is 11.3. The van der Waals surface area contributed by atoms with Gasteiger partial charge in [-0.1, -0.05) is 18.5 Å². The molecule has 0 saturated heterocycles. The predicted molar refractivity (Wildman–Crippen MR) is 48.0 cm³/mol. The van der Waals surface area contributed by atoms with Gasteiger partial charge in [0.25, 0.3) is 0 Å². The number of nitrogens with two attached hydrogens (primary N) is 1. The fourth-order valence-corrected chi connectivity index (χ4v) is 0.944. The zero-order valence-corrected chi connectivity index (χ0v) is 7.49. The summed E-state index contributed by atoms with van der Waals surface area (Å²) in [6, 6.07) is -0.458. The molecule has 0 aromatic carbocycles. The Bertz CT molecular complexity index is 258. The van der Waals surface area contributed by atoms with Crippen LogP contribution in [0.15, 0.2) is 17.0 Å². The maximum absolute atomic E-state index is 11.3. The summed E-state index contributed by atoms with van der Waals surface area (Å²) in [5.41, 5.74) is 6.12. The minimum Gasteiger partial charge on any atom is -0.363 e. The molecule has 5 heteroatoms. The fraction of sp³-hybridized carbons (Fsp3) is 0.500. The molecule has 0 fully saturated rings. The lowest BCUT2D eigenvalue weighted by molar-refractivity contribution is -0.117. The van der Waals surface area contributed by atoms with Crippen LogP contribution in [-0.4, -0.2) is 17.1 Å². The van der Waals surface area contributed by atoms with Crippen LogP contribution in [0.4, 0.5) is 5.69 Å². The highest BCUT2D eigenvalue weighted by atomic mass is 16.5. The van der Waals surface area contributed by atoms with Crippen LogP contribution in [0.2, 0.25) is 0 Å². The van der Waals surface area contributed by atoms with Crippen molar-refractivity contribution in [2.45, 2.75) is 25.8 Å². The van der Waals surface area contributed by atoms with Crippen molar-refractivity contribution >= 4 is 11.6 Å². The second-order valence-electron chi connectivity index (χ2n) is 2.80. The molecule has 1 atom stereocenters. The number of aromatic nitrogens is 1. The summed E-state index contributed by atoms with van der Waals surface area (Å²) in [5, 5.41) is 6.04. The van der Waals surface area contributed by atoms with E-state index in [1.807, 2.05) is 6.92 Å². The third kappa shape index (κ3) is 2.87. The van der Waals surface area contributed by atoms with Gasteiger partial charge in [-0.05, 0) is 6.42 Å². The number of nitrogens with one attached hydrogen (secondary N) is 1. The van der Waals surface area contributed by atoms with Gasteiger partial charge in [0, 0.05) is 0 Å². The number of carbonyl (C=O) groups is 1. The van der Waals surface area contributed by atoms with E-state index < -0.39 is 6.04 Å². The molecule has 3 N–H and O–H groups in total. The van der Waals surface area contributed by atoms with Gasteiger partial charge in [0.2, 0.25) is 5.91 Å². The first kappa shape index (κ1) is 9.73. The topological polar surface area (TPSA) is 81.2 Å². The molecule has 0 unspecified atom stereocenters. The van der Waals surface area contributed by atoms with E-state index in [-0.39, 0.29) is 5.91 Å². The molecule has 0 bridgehead atoms. The van der Waals surface area contributed by atoms with Crippen molar-refractivity contribution in [2.24, 2.45) is 5.73 Å². The maximum atomic E-state index is 11.3. The van der Waals surface area contributed by atoms with E-state index in [0.717, 1.165) is 6.42 Å². The number of hydrogen-bond acceptors (Lipinski definition) is 4. The molecular formula is C8H13N3O2. The Labute approximate surface area is 76.3 Å². The van der Waals surface area contributed by atoms with Gasteiger partial charge in [0.05, 0.1) is 12.2 Å². The minimum atomic E-state index is -0.458. The number of carbonyl (C=O) groups excluding carboxylic acids is 1. The second-order valence-corrected chi connectivity index (χ2v) is 2.80. The summed E-state index contributed by atoms with van der Waals surface area (Å²) >= 11 is 0. The fourth-order valence-electron chi connectivity index (χ4n) is 0.944. The van der Waals surface area contributed by atoms with E-state index in [0.29, 0.717) is 12.1 Å². The van der Waals surface area contributed by atoms with Crippen LogP contribution in [0.5, 0.6) is 0 Å². The van der Waals surface area contributed by atoms with Crippen LogP contribution in [-0.2, 0) is 4.79 Å². The molecule has 13 heavy (non-hydrogen) atoms. The Morgan fingerprint density at radius 1 is 1.85 bits per heavy atom. The van der Waals surface area contributed by atoms with Crippen LogP contribution in [0.1, 0.15) is 19.8 Å². The van der Waals surface area contributed by atoms with Gasteiger partial charge in [-0.3, -0.25) is 4.79 Å². The summed E-state index contributed by atoms with van der Waals surface area (Å²) in [7, 11) is 0. The third-order valence-electron chi connectivity index (χ3n) is 1.64. The average molecular weight is 183 g/mol. The smallest absolute Gasteiger partial charge is 0.241 e. The first-order valence-electron chi connectivity index (χ1n) is 4.20. The van der Waals surface area contributed by atoms with Crippen LogP contribution in [0.25, 0.3) is 0 Å². The van der Waals surface area contributed by atoms with E-state index in [1.165, 1.54) is 12.5 Å². The average Bonchev–Trinajstić information content (AvgIpc) is 2.57. The molecule has 0 aliphatic rings. The van der Waals surface area contributed by atoms with Gasteiger partial charge in [-0.25, -0.2) is 0 Å². The monoisotopic (exact) mass is 183 g/mol.